The van der Waals surface area contributed by atoms with Crippen LogP contribution in [-0.2, 0) is 0 Å². The van der Waals surface area contributed by atoms with Crippen molar-refractivity contribution in [1.29, 1.82) is 5.26 Å². The molecule has 21 heavy (non-hydrogen) atoms. The molecule has 0 bridgehead atoms. The van der Waals surface area contributed by atoms with Gasteiger partial charge < -0.3 is 10.4 Å². The summed E-state index contributed by atoms with van der Waals surface area (Å²) in [6.45, 7) is 0. The van der Waals surface area contributed by atoms with Gasteiger partial charge >= 0.3 is 12.0 Å². The van der Waals surface area contributed by atoms with Crippen molar-refractivity contribution in [2.75, 3.05) is 10.6 Å². The maximum absolute atomic E-state index is 11.8. The lowest BCUT2D eigenvalue weighted by Gasteiger charge is -2.08. The molecule has 2 amide bonds. The molecule has 0 saturated carbocycles. The molecule has 104 valence electrons. The highest BCUT2D eigenvalue weighted by molar-refractivity contribution is 6.02. The number of carbonyl (C=O) groups excluding carboxylic acids is 1. The number of carboxylic acid groups (broad SMARTS) is 1. The highest BCUT2D eigenvalue weighted by atomic mass is 16.4. The second-order valence-electron chi connectivity index (χ2n) is 3.83. The molecule has 0 aliphatic rings. The fourth-order valence-electron chi connectivity index (χ4n) is 1.52. The smallest absolute Gasteiger partial charge is 0.358 e. The first-order valence-corrected chi connectivity index (χ1v) is 5.72. The number of anilines is 2. The van der Waals surface area contributed by atoms with Gasteiger partial charge in [0.1, 0.15) is 0 Å². The molecule has 0 aliphatic carbocycles. The van der Waals surface area contributed by atoms with Crippen LogP contribution in [0.15, 0.2) is 36.7 Å². The van der Waals surface area contributed by atoms with E-state index in [1.165, 1.54) is 18.5 Å². The zero-order valence-electron chi connectivity index (χ0n) is 10.6. The van der Waals surface area contributed by atoms with Crippen molar-refractivity contribution in [3.05, 3.63) is 47.9 Å². The first kappa shape index (κ1) is 14.0. The second-order valence-corrected chi connectivity index (χ2v) is 3.83. The molecule has 0 unspecified atom stereocenters. The number of aromatic carboxylic acids is 1. The molecular weight excluding hydrogens is 274 g/mol. The number of urea groups is 1. The van der Waals surface area contributed by atoms with Gasteiger partial charge in [0.05, 0.1) is 11.6 Å². The van der Waals surface area contributed by atoms with E-state index in [0.717, 1.165) is 0 Å². The summed E-state index contributed by atoms with van der Waals surface area (Å²) in [7, 11) is 0. The average molecular weight is 283 g/mol. The zero-order chi connectivity index (χ0) is 15.2. The normalized spacial score (nSPS) is 9.48. The Morgan fingerprint density at radius 2 is 1.95 bits per heavy atom. The van der Waals surface area contributed by atoms with Gasteiger partial charge in [0.15, 0.2) is 11.5 Å². The number of carboxylic acids is 1. The summed E-state index contributed by atoms with van der Waals surface area (Å²) in [5.74, 6) is -1.47. The number of rotatable bonds is 3. The number of amides is 2. The van der Waals surface area contributed by atoms with Gasteiger partial charge in [-0.3, -0.25) is 5.32 Å². The molecule has 0 fully saturated rings. The van der Waals surface area contributed by atoms with E-state index in [4.69, 9.17) is 10.4 Å². The first-order valence-electron chi connectivity index (χ1n) is 5.72. The molecule has 0 atom stereocenters. The molecule has 0 aliphatic heterocycles. The summed E-state index contributed by atoms with van der Waals surface area (Å²) in [5.41, 5.74) is 0.421. The quantitative estimate of drug-likeness (QED) is 0.786. The van der Waals surface area contributed by atoms with Crippen molar-refractivity contribution >= 4 is 23.5 Å². The molecular formula is C13H9N5O3. The summed E-state index contributed by atoms with van der Waals surface area (Å²) >= 11 is 0. The van der Waals surface area contributed by atoms with Gasteiger partial charge in [-0.05, 0) is 18.2 Å². The van der Waals surface area contributed by atoms with Crippen molar-refractivity contribution in [3.8, 4) is 6.07 Å². The molecule has 2 rings (SSSR count). The minimum Gasteiger partial charge on any atom is -0.476 e. The highest BCUT2D eigenvalue weighted by Gasteiger charge is 2.14. The van der Waals surface area contributed by atoms with Gasteiger partial charge in [-0.15, -0.1) is 0 Å². The van der Waals surface area contributed by atoms with Crippen LogP contribution in [0.25, 0.3) is 0 Å². The maximum Gasteiger partial charge on any atom is 0.358 e. The zero-order valence-corrected chi connectivity index (χ0v) is 10.6. The van der Waals surface area contributed by atoms with Crippen LogP contribution in [0.3, 0.4) is 0 Å². The summed E-state index contributed by atoms with van der Waals surface area (Å²) in [4.78, 5) is 30.1. The Balaban J connectivity index is 2.12. The minimum absolute atomic E-state index is 0.168. The van der Waals surface area contributed by atoms with E-state index in [1.54, 1.807) is 18.2 Å². The molecule has 3 N–H and O–H groups in total. The van der Waals surface area contributed by atoms with Crippen LogP contribution in [0.2, 0.25) is 0 Å². The molecule has 0 radical (unpaired) electrons. The van der Waals surface area contributed by atoms with E-state index >= 15 is 0 Å². The van der Waals surface area contributed by atoms with E-state index in [2.05, 4.69) is 20.6 Å². The molecule has 1 aromatic carbocycles. The maximum atomic E-state index is 11.8. The fourth-order valence-corrected chi connectivity index (χ4v) is 1.52. The Labute approximate surface area is 119 Å². The van der Waals surface area contributed by atoms with Gasteiger partial charge in [0, 0.05) is 18.1 Å². The van der Waals surface area contributed by atoms with Crippen LogP contribution in [-0.4, -0.2) is 27.1 Å². The predicted octanol–water partition coefficient (Wildman–Crippen LogP) is 1.69. The van der Waals surface area contributed by atoms with Crippen LogP contribution >= 0.6 is 0 Å². The molecule has 1 heterocycles. The van der Waals surface area contributed by atoms with Gasteiger partial charge in [-0.2, -0.15) is 5.26 Å². The Bertz CT molecular complexity index is 739. The van der Waals surface area contributed by atoms with Gasteiger partial charge in [-0.25, -0.2) is 19.6 Å². The molecule has 0 spiro atoms. The molecule has 8 heteroatoms. The van der Waals surface area contributed by atoms with E-state index in [-0.39, 0.29) is 11.5 Å². The summed E-state index contributed by atoms with van der Waals surface area (Å²) in [6, 6.07) is 7.53. The average Bonchev–Trinajstić information content (AvgIpc) is 2.47. The summed E-state index contributed by atoms with van der Waals surface area (Å²) in [6.07, 6.45) is 2.47. The largest absolute Gasteiger partial charge is 0.476 e. The number of hydrogen-bond acceptors (Lipinski definition) is 5. The fraction of sp³-hybridized carbons (Fsp3) is 0. The lowest BCUT2D eigenvalue weighted by Crippen LogP contribution is -2.22. The number of nitrogens with zero attached hydrogens (tertiary/aromatic N) is 3. The Kier molecular flexibility index (Phi) is 4.06. The van der Waals surface area contributed by atoms with Crippen molar-refractivity contribution < 1.29 is 14.7 Å². The Morgan fingerprint density at radius 3 is 2.67 bits per heavy atom. The lowest BCUT2D eigenvalue weighted by molar-refractivity contribution is 0.0691. The van der Waals surface area contributed by atoms with E-state index < -0.39 is 12.0 Å². The molecule has 1 aromatic heterocycles. The van der Waals surface area contributed by atoms with Crippen molar-refractivity contribution in [2.45, 2.75) is 0 Å². The topological polar surface area (TPSA) is 128 Å². The van der Waals surface area contributed by atoms with Crippen LogP contribution in [0.4, 0.5) is 16.3 Å². The van der Waals surface area contributed by atoms with Crippen molar-refractivity contribution in [3.63, 3.8) is 0 Å². The first-order chi connectivity index (χ1) is 10.1. The van der Waals surface area contributed by atoms with Crippen LogP contribution in [0, 0.1) is 11.3 Å². The van der Waals surface area contributed by atoms with Gasteiger partial charge in [0.2, 0.25) is 0 Å². The summed E-state index contributed by atoms with van der Waals surface area (Å²) < 4.78 is 0. The van der Waals surface area contributed by atoms with Crippen LogP contribution in [0.5, 0.6) is 0 Å². The SMILES string of the molecule is N#Cc1cccc(NC(=O)Nc2nccnc2C(=O)O)c1. The standard InChI is InChI=1S/C13H9N5O3/c14-7-8-2-1-3-9(6-8)17-13(21)18-11-10(12(19)20)15-4-5-16-11/h1-6H,(H,19,20)(H2,16,17,18,21). The third kappa shape index (κ3) is 3.51. The monoisotopic (exact) mass is 283 g/mol. The third-order valence-electron chi connectivity index (χ3n) is 2.38. The highest BCUT2D eigenvalue weighted by Crippen LogP contribution is 2.12. The number of aromatic nitrogens is 2. The predicted molar refractivity (Wildman–Crippen MR) is 72.8 cm³/mol. The van der Waals surface area contributed by atoms with Gasteiger partial charge in [0.25, 0.3) is 0 Å². The van der Waals surface area contributed by atoms with Crippen molar-refractivity contribution in [1.82, 2.24) is 9.97 Å². The van der Waals surface area contributed by atoms with Crippen LogP contribution in [0.1, 0.15) is 16.1 Å². The second kappa shape index (κ2) is 6.12. The van der Waals surface area contributed by atoms with Gasteiger partial charge in [-0.1, -0.05) is 6.07 Å². The van der Waals surface area contributed by atoms with E-state index in [9.17, 15) is 9.59 Å². The number of nitrogens with one attached hydrogen (secondary N) is 2. The number of nitriles is 1. The molecule has 8 nitrogen and oxygen atoms in total. The minimum atomic E-state index is -1.30. The van der Waals surface area contributed by atoms with Crippen molar-refractivity contribution in [2.24, 2.45) is 0 Å². The Morgan fingerprint density at radius 1 is 1.19 bits per heavy atom. The third-order valence-corrected chi connectivity index (χ3v) is 2.38. The molecule has 2 aromatic rings. The van der Waals surface area contributed by atoms with E-state index in [1.807, 2.05) is 6.07 Å². The van der Waals surface area contributed by atoms with Crippen LogP contribution < -0.4 is 10.6 Å². The summed E-state index contributed by atoms with van der Waals surface area (Å²) in [5, 5.41) is 22.5. The van der Waals surface area contributed by atoms with E-state index in [0.29, 0.717) is 11.3 Å². The Hall–Kier alpha value is -3.47. The molecule has 0 saturated heterocycles. The number of carbonyl (C=O) groups is 2. The number of benzene rings is 1. The lowest BCUT2D eigenvalue weighted by atomic mass is 10.2. The number of hydrogen-bond donors (Lipinski definition) is 3.